The summed E-state index contributed by atoms with van der Waals surface area (Å²) in [5, 5.41) is 18.3. The van der Waals surface area contributed by atoms with Gasteiger partial charge in [0, 0.05) is 12.8 Å². The van der Waals surface area contributed by atoms with Crippen molar-refractivity contribution in [2.75, 3.05) is 26.4 Å². The molecule has 0 heterocycles. The van der Waals surface area contributed by atoms with Gasteiger partial charge in [-0.2, -0.15) is 0 Å². The Balaban J connectivity index is 4.32. The lowest BCUT2D eigenvalue weighted by molar-refractivity contribution is -0.161. The topological polar surface area (TPSA) is 149 Å². The van der Waals surface area contributed by atoms with Crippen LogP contribution in [0, 0.1) is 0 Å². The smallest absolute Gasteiger partial charge is 0.462 e. The van der Waals surface area contributed by atoms with Crippen LogP contribution in [0.5, 0.6) is 0 Å². The molecule has 51 heavy (non-hydrogen) atoms. The first-order valence-corrected chi connectivity index (χ1v) is 22.1. The van der Waals surface area contributed by atoms with E-state index in [4.69, 9.17) is 19.1 Å². The minimum atomic E-state index is -4.61. The number of aliphatic hydroxyl groups excluding tert-OH is 2. The number of phosphoric ester groups is 1. The molecule has 0 bridgehead atoms. The van der Waals surface area contributed by atoms with Gasteiger partial charge in [-0.1, -0.05) is 154 Å². The predicted octanol–water partition coefficient (Wildman–Crippen LogP) is 10.4. The van der Waals surface area contributed by atoms with Crippen molar-refractivity contribution in [1.29, 1.82) is 0 Å². The summed E-state index contributed by atoms with van der Waals surface area (Å²) >= 11 is 0. The quantitative estimate of drug-likeness (QED) is 0.0240. The van der Waals surface area contributed by atoms with Crippen molar-refractivity contribution in [2.45, 2.75) is 206 Å². The molecule has 302 valence electrons. The van der Waals surface area contributed by atoms with Crippen LogP contribution in [0.1, 0.15) is 194 Å². The molecule has 10 nitrogen and oxygen atoms in total. The van der Waals surface area contributed by atoms with Crippen LogP contribution in [0.4, 0.5) is 0 Å². The molecule has 3 N–H and O–H groups in total. The number of aliphatic hydroxyl groups is 2. The van der Waals surface area contributed by atoms with Gasteiger partial charge in [0.15, 0.2) is 6.10 Å². The van der Waals surface area contributed by atoms with Crippen molar-refractivity contribution in [2.24, 2.45) is 0 Å². The molecule has 0 aromatic heterocycles. The molecule has 0 aliphatic heterocycles. The standard InChI is InChI=1S/C40H77O10P/c1-3-5-7-9-11-13-15-17-18-20-22-24-26-28-30-32-40(44)50-38(36-49-51(45,46)48-34-37(42)33-41)35-47-39(43)31-29-27-25-23-21-19-16-14-12-10-8-6-4-2/h15,17,37-38,41-42H,3-14,16,18-36H2,1-2H3,(H,45,46)/t37?,38-/m1/s1. The molecular weight excluding hydrogens is 671 g/mol. The zero-order valence-corrected chi connectivity index (χ0v) is 33.5. The van der Waals surface area contributed by atoms with Gasteiger partial charge in [-0.25, -0.2) is 4.57 Å². The zero-order chi connectivity index (χ0) is 37.7. The van der Waals surface area contributed by atoms with Gasteiger partial charge in [0.05, 0.1) is 19.8 Å². The van der Waals surface area contributed by atoms with Gasteiger partial charge in [0.1, 0.15) is 12.7 Å². The van der Waals surface area contributed by atoms with Gasteiger partial charge in [0.2, 0.25) is 0 Å². The zero-order valence-electron chi connectivity index (χ0n) is 32.6. The molecular formula is C40H77O10P. The van der Waals surface area contributed by atoms with E-state index in [1.807, 2.05) is 0 Å². The number of allylic oxidation sites excluding steroid dienone is 2. The average Bonchev–Trinajstić information content (AvgIpc) is 3.12. The molecule has 0 aromatic carbocycles. The van der Waals surface area contributed by atoms with Gasteiger partial charge in [-0.15, -0.1) is 0 Å². The third kappa shape index (κ3) is 36.8. The second-order valence-electron chi connectivity index (χ2n) is 14.0. The maximum Gasteiger partial charge on any atom is 0.472 e. The third-order valence-electron chi connectivity index (χ3n) is 8.92. The number of ether oxygens (including phenoxy) is 2. The van der Waals surface area contributed by atoms with Crippen molar-refractivity contribution in [3.8, 4) is 0 Å². The maximum absolute atomic E-state index is 12.6. The lowest BCUT2D eigenvalue weighted by Crippen LogP contribution is -2.29. The van der Waals surface area contributed by atoms with Crippen molar-refractivity contribution < 1.29 is 47.8 Å². The molecule has 0 saturated carbocycles. The number of carbonyl (C=O) groups is 2. The summed E-state index contributed by atoms with van der Waals surface area (Å²) in [5.41, 5.74) is 0. The Morgan fingerprint density at radius 3 is 1.41 bits per heavy atom. The van der Waals surface area contributed by atoms with E-state index in [0.29, 0.717) is 12.8 Å². The number of phosphoric acid groups is 1. The largest absolute Gasteiger partial charge is 0.472 e. The summed E-state index contributed by atoms with van der Waals surface area (Å²) in [6, 6.07) is 0. The van der Waals surface area contributed by atoms with Crippen LogP contribution in [0.3, 0.4) is 0 Å². The molecule has 11 heteroatoms. The first-order valence-electron chi connectivity index (χ1n) is 20.6. The Kier molecular flexibility index (Phi) is 36.1. The highest BCUT2D eigenvalue weighted by molar-refractivity contribution is 7.47. The van der Waals surface area contributed by atoms with Crippen LogP contribution >= 0.6 is 7.82 Å². The lowest BCUT2D eigenvalue weighted by Gasteiger charge is -2.20. The van der Waals surface area contributed by atoms with Crippen molar-refractivity contribution in [3.63, 3.8) is 0 Å². The van der Waals surface area contributed by atoms with Crippen molar-refractivity contribution in [3.05, 3.63) is 12.2 Å². The van der Waals surface area contributed by atoms with E-state index in [1.54, 1.807) is 0 Å². The molecule has 0 fully saturated rings. The molecule has 0 aliphatic carbocycles. The minimum absolute atomic E-state index is 0.181. The molecule has 0 aromatic rings. The van der Waals surface area contributed by atoms with E-state index in [0.717, 1.165) is 51.4 Å². The van der Waals surface area contributed by atoms with Crippen molar-refractivity contribution in [1.82, 2.24) is 0 Å². The molecule has 0 spiro atoms. The van der Waals surface area contributed by atoms with Crippen LogP contribution in [-0.2, 0) is 32.7 Å². The van der Waals surface area contributed by atoms with Gasteiger partial charge in [-0.3, -0.25) is 18.6 Å². The monoisotopic (exact) mass is 749 g/mol. The van der Waals surface area contributed by atoms with Crippen LogP contribution in [-0.4, -0.2) is 65.7 Å². The van der Waals surface area contributed by atoms with Gasteiger partial charge >= 0.3 is 19.8 Å². The molecule has 0 aliphatic rings. The maximum atomic E-state index is 12.6. The Morgan fingerprint density at radius 2 is 0.961 bits per heavy atom. The number of unbranched alkanes of at least 4 members (excludes halogenated alkanes) is 23. The summed E-state index contributed by atoms with van der Waals surface area (Å²) in [7, 11) is -4.61. The van der Waals surface area contributed by atoms with Gasteiger partial charge < -0.3 is 24.6 Å². The highest BCUT2D eigenvalue weighted by Gasteiger charge is 2.27. The van der Waals surface area contributed by atoms with E-state index in [9.17, 15) is 24.2 Å². The number of rotatable bonds is 39. The molecule has 3 atom stereocenters. The normalized spacial score (nSPS) is 14.1. The lowest BCUT2D eigenvalue weighted by atomic mass is 10.0. The first kappa shape index (κ1) is 49.7. The summed E-state index contributed by atoms with van der Waals surface area (Å²) in [4.78, 5) is 34.9. The first-order chi connectivity index (χ1) is 24.7. The molecule has 0 amide bonds. The van der Waals surface area contributed by atoms with Crippen LogP contribution in [0.15, 0.2) is 12.2 Å². The molecule has 2 unspecified atom stereocenters. The fraction of sp³-hybridized carbons (Fsp3) is 0.900. The fourth-order valence-electron chi connectivity index (χ4n) is 5.69. The van der Waals surface area contributed by atoms with Crippen LogP contribution in [0.2, 0.25) is 0 Å². The third-order valence-corrected chi connectivity index (χ3v) is 9.87. The SMILES string of the molecule is CCCCCCCC=CCCCCCCCCC(=O)O[C@H](COC(=O)CCCCCCCCCCCCCCC)COP(=O)(O)OCC(O)CO. The number of carbonyl (C=O) groups excluding carboxylic acids is 2. The summed E-state index contributed by atoms with van der Waals surface area (Å²) in [5.74, 6) is -0.924. The predicted molar refractivity (Wildman–Crippen MR) is 205 cm³/mol. The molecule has 0 radical (unpaired) electrons. The Labute approximate surface area is 311 Å². The van der Waals surface area contributed by atoms with E-state index < -0.39 is 51.8 Å². The van der Waals surface area contributed by atoms with Gasteiger partial charge in [-0.05, 0) is 38.5 Å². The van der Waals surface area contributed by atoms with E-state index in [1.165, 1.54) is 103 Å². The minimum Gasteiger partial charge on any atom is -0.462 e. The highest BCUT2D eigenvalue weighted by atomic mass is 31.2. The number of hydrogen-bond donors (Lipinski definition) is 3. The number of esters is 2. The van der Waals surface area contributed by atoms with E-state index in [-0.39, 0.29) is 19.4 Å². The van der Waals surface area contributed by atoms with E-state index >= 15 is 0 Å². The Morgan fingerprint density at radius 1 is 0.569 bits per heavy atom. The average molecular weight is 749 g/mol. The molecule has 0 rings (SSSR count). The van der Waals surface area contributed by atoms with Crippen molar-refractivity contribution >= 4 is 19.8 Å². The summed E-state index contributed by atoms with van der Waals surface area (Å²) in [6.07, 6.45) is 33.2. The summed E-state index contributed by atoms with van der Waals surface area (Å²) < 4.78 is 32.6. The summed E-state index contributed by atoms with van der Waals surface area (Å²) in [6.45, 7) is 2.37. The number of hydrogen-bond acceptors (Lipinski definition) is 9. The Hall–Kier alpha value is -1.29. The highest BCUT2D eigenvalue weighted by Crippen LogP contribution is 2.43. The Bertz CT molecular complexity index is 868. The second-order valence-corrected chi connectivity index (χ2v) is 15.5. The van der Waals surface area contributed by atoms with Crippen LogP contribution in [0.25, 0.3) is 0 Å². The van der Waals surface area contributed by atoms with Crippen LogP contribution < -0.4 is 0 Å². The fourth-order valence-corrected chi connectivity index (χ4v) is 6.48. The molecule has 0 saturated heterocycles. The van der Waals surface area contributed by atoms with Gasteiger partial charge in [0.25, 0.3) is 0 Å². The van der Waals surface area contributed by atoms with E-state index in [2.05, 4.69) is 30.5 Å². The second kappa shape index (κ2) is 37.0.